The predicted molar refractivity (Wildman–Crippen MR) is 357 cm³/mol. The Labute approximate surface area is 507 Å². The van der Waals surface area contributed by atoms with Crippen molar-refractivity contribution in [3.05, 3.63) is 122 Å². The van der Waals surface area contributed by atoms with Crippen LogP contribution in [-0.4, -0.2) is 37.2 Å². The zero-order valence-corrected chi connectivity index (χ0v) is 53.7. The standard InChI is InChI=1S/C76H128O6/c1-4-7-10-13-16-19-22-25-28-31-33-34-35-36-37-38-39-40-41-42-44-45-48-51-54-57-60-63-66-69-75(78)81-72-73(71-80-74(77)68-65-62-59-56-53-50-47-30-27-24-21-18-15-12-9-6-3)82-76(79)70-67-64-61-58-55-52-49-46-43-32-29-26-23-20-17-14-11-8-5-2/h7,10,16-17,19-20,25-26,28-30,33-34,36-37,39-40,42,44,47,73H,4-6,8-9,11-15,18,21-24,27,31-32,35,38,41,43,45-46,48-72H2,1-3H3/b10-7-,19-16-,20-17-,28-25-,29-26-,34-33-,37-36-,40-39-,44-42-,47-30-. The Balaban J connectivity index is 4.38. The van der Waals surface area contributed by atoms with Crippen LogP contribution in [0, 0.1) is 0 Å². The maximum atomic E-state index is 12.9. The van der Waals surface area contributed by atoms with Gasteiger partial charge in [0.2, 0.25) is 0 Å². The van der Waals surface area contributed by atoms with E-state index in [0.717, 1.165) is 122 Å². The van der Waals surface area contributed by atoms with Gasteiger partial charge in [-0.05, 0) is 135 Å². The zero-order valence-electron chi connectivity index (χ0n) is 53.7. The molecule has 0 aliphatic carbocycles. The normalized spacial score (nSPS) is 12.9. The van der Waals surface area contributed by atoms with Gasteiger partial charge in [-0.15, -0.1) is 0 Å². The maximum absolute atomic E-state index is 12.9. The van der Waals surface area contributed by atoms with Gasteiger partial charge >= 0.3 is 17.9 Å². The van der Waals surface area contributed by atoms with E-state index in [1.165, 1.54) is 161 Å². The minimum atomic E-state index is -0.793. The van der Waals surface area contributed by atoms with E-state index >= 15 is 0 Å². The van der Waals surface area contributed by atoms with Gasteiger partial charge in [-0.2, -0.15) is 0 Å². The summed E-state index contributed by atoms with van der Waals surface area (Å²) in [5, 5.41) is 0. The minimum absolute atomic E-state index is 0.0882. The molecular formula is C76H128O6. The molecule has 0 heterocycles. The Morgan fingerprint density at radius 3 is 0.780 bits per heavy atom. The number of esters is 3. The molecule has 82 heavy (non-hydrogen) atoms. The fraction of sp³-hybridized carbons (Fsp3) is 0.697. The Hall–Kier alpha value is -4.19. The first-order valence-corrected chi connectivity index (χ1v) is 34.5. The first kappa shape index (κ1) is 77.8. The highest BCUT2D eigenvalue weighted by molar-refractivity contribution is 5.71. The molecule has 6 heteroatoms. The average molecular weight is 1140 g/mol. The molecule has 1 atom stereocenters. The van der Waals surface area contributed by atoms with Crippen molar-refractivity contribution in [1.82, 2.24) is 0 Å². The Bertz CT molecular complexity index is 1690. The molecule has 0 spiro atoms. The van der Waals surface area contributed by atoms with Gasteiger partial charge in [0.25, 0.3) is 0 Å². The van der Waals surface area contributed by atoms with Gasteiger partial charge in [0.15, 0.2) is 6.10 Å². The molecule has 0 radical (unpaired) electrons. The molecule has 0 amide bonds. The first-order chi connectivity index (χ1) is 40.5. The summed E-state index contributed by atoms with van der Waals surface area (Å²) in [5.74, 6) is -0.902. The second kappa shape index (κ2) is 69.3. The molecule has 0 saturated heterocycles. The molecule has 0 bridgehead atoms. The van der Waals surface area contributed by atoms with Gasteiger partial charge in [0.05, 0.1) is 0 Å². The van der Waals surface area contributed by atoms with E-state index in [2.05, 4.69) is 142 Å². The van der Waals surface area contributed by atoms with Gasteiger partial charge in [0, 0.05) is 19.3 Å². The number of ether oxygens (including phenoxy) is 3. The van der Waals surface area contributed by atoms with Crippen molar-refractivity contribution in [2.45, 2.75) is 329 Å². The van der Waals surface area contributed by atoms with Crippen LogP contribution in [0.4, 0.5) is 0 Å². The second-order valence-corrected chi connectivity index (χ2v) is 22.7. The van der Waals surface area contributed by atoms with Crippen LogP contribution in [0.25, 0.3) is 0 Å². The summed E-state index contributed by atoms with van der Waals surface area (Å²) in [4.78, 5) is 38.4. The van der Waals surface area contributed by atoms with Gasteiger partial charge in [-0.3, -0.25) is 14.4 Å². The first-order valence-electron chi connectivity index (χ1n) is 34.5. The van der Waals surface area contributed by atoms with Crippen molar-refractivity contribution in [2.24, 2.45) is 0 Å². The number of carbonyl (C=O) groups is 3. The van der Waals surface area contributed by atoms with E-state index in [9.17, 15) is 14.4 Å². The molecule has 0 aromatic rings. The van der Waals surface area contributed by atoms with Crippen LogP contribution < -0.4 is 0 Å². The number of carbonyl (C=O) groups excluding carboxylic acids is 3. The van der Waals surface area contributed by atoms with E-state index < -0.39 is 6.10 Å². The largest absolute Gasteiger partial charge is 0.462 e. The Kier molecular flexibility index (Phi) is 65.8. The van der Waals surface area contributed by atoms with E-state index in [1.54, 1.807) is 0 Å². The Morgan fingerprint density at radius 1 is 0.256 bits per heavy atom. The lowest BCUT2D eigenvalue weighted by Gasteiger charge is -2.18. The molecule has 0 rings (SSSR count). The number of rotatable bonds is 62. The highest BCUT2D eigenvalue weighted by Crippen LogP contribution is 2.16. The maximum Gasteiger partial charge on any atom is 0.306 e. The average Bonchev–Trinajstić information content (AvgIpc) is 3.47. The summed E-state index contributed by atoms with van der Waals surface area (Å²) in [5.41, 5.74) is 0. The highest BCUT2D eigenvalue weighted by Gasteiger charge is 2.19. The third-order valence-electron chi connectivity index (χ3n) is 14.7. The molecular weight excluding hydrogens is 1010 g/mol. The smallest absolute Gasteiger partial charge is 0.306 e. The lowest BCUT2D eigenvalue weighted by atomic mass is 10.1. The van der Waals surface area contributed by atoms with Crippen molar-refractivity contribution < 1.29 is 28.6 Å². The van der Waals surface area contributed by atoms with Gasteiger partial charge in [-0.25, -0.2) is 0 Å². The van der Waals surface area contributed by atoms with E-state index in [0.29, 0.717) is 19.3 Å². The lowest BCUT2D eigenvalue weighted by molar-refractivity contribution is -0.167. The third-order valence-corrected chi connectivity index (χ3v) is 14.7. The van der Waals surface area contributed by atoms with Crippen LogP contribution in [-0.2, 0) is 28.6 Å². The third kappa shape index (κ3) is 66.6. The second-order valence-electron chi connectivity index (χ2n) is 22.7. The molecule has 0 aromatic carbocycles. The number of hydrogen-bond acceptors (Lipinski definition) is 6. The highest BCUT2D eigenvalue weighted by atomic mass is 16.6. The van der Waals surface area contributed by atoms with Crippen LogP contribution in [0.3, 0.4) is 0 Å². The molecule has 0 aliphatic heterocycles. The van der Waals surface area contributed by atoms with Crippen molar-refractivity contribution >= 4 is 17.9 Å². The topological polar surface area (TPSA) is 78.9 Å². The van der Waals surface area contributed by atoms with Crippen molar-refractivity contribution in [3.8, 4) is 0 Å². The Morgan fingerprint density at radius 2 is 0.476 bits per heavy atom. The van der Waals surface area contributed by atoms with Crippen LogP contribution in [0.2, 0.25) is 0 Å². The van der Waals surface area contributed by atoms with Gasteiger partial charge in [0.1, 0.15) is 13.2 Å². The van der Waals surface area contributed by atoms with Crippen molar-refractivity contribution in [1.29, 1.82) is 0 Å². The summed E-state index contributed by atoms with van der Waals surface area (Å²) in [7, 11) is 0. The van der Waals surface area contributed by atoms with E-state index in [4.69, 9.17) is 14.2 Å². The van der Waals surface area contributed by atoms with Crippen LogP contribution >= 0.6 is 0 Å². The fourth-order valence-corrected chi connectivity index (χ4v) is 9.51. The summed E-state index contributed by atoms with van der Waals surface area (Å²) in [6.07, 6.45) is 96.3. The summed E-state index contributed by atoms with van der Waals surface area (Å²) in [6.45, 7) is 6.51. The lowest BCUT2D eigenvalue weighted by Crippen LogP contribution is -2.30. The summed E-state index contributed by atoms with van der Waals surface area (Å²) in [6, 6.07) is 0. The molecule has 468 valence electrons. The SMILES string of the molecule is CC/C=C\C/C=C\C/C=C\C/C=C\C/C=C\C/C=C\C/C=C\CCCCCCCCCC(=O)OCC(COC(=O)CCCCCCC/C=C\CCCCCCCCC)OC(=O)CCCCCCCCCCC/C=C\C/C=C\CCCCC. The van der Waals surface area contributed by atoms with Crippen molar-refractivity contribution in [3.63, 3.8) is 0 Å². The number of allylic oxidation sites excluding steroid dienone is 20. The number of hydrogen-bond donors (Lipinski definition) is 0. The molecule has 6 nitrogen and oxygen atoms in total. The fourth-order valence-electron chi connectivity index (χ4n) is 9.51. The zero-order chi connectivity index (χ0) is 59.2. The molecule has 0 N–H and O–H groups in total. The molecule has 0 fully saturated rings. The quantitative estimate of drug-likeness (QED) is 0.0261. The minimum Gasteiger partial charge on any atom is -0.462 e. The molecule has 1 unspecified atom stereocenters. The number of unbranched alkanes of at least 4 members (excludes halogenated alkanes) is 31. The van der Waals surface area contributed by atoms with Crippen LogP contribution in [0.15, 0.2) is 122 Å². The predicted octanol–water partition coefficient (Wildman–Crippen LogP) is 23.9. The van der Waals surface area contributed by atoms with Crippen LogP contribution in [0.1, 0.15) is 323 Å². The monoisotopic (exact) mass is 1140 g/mol. The molecule has 0 aliphatic rings. The van der Waals surface area contributed by atoms with Crippen molar-refractivity contribution in [2.75, 3.05) is 13.2 Å². The van der Waals surface area contributed by atoms with Gasteiger partial charge in [-0.1, -0.05) is 290 Å². The molecule has 0 aromatic heterocycles. The van der Waals surface area contributed by atoms with E-state index in [-0.39, 0.29) is 31.1 Å². The van der Waals surface area contributed by atoms with Gasteiger partial charge < -0.3 is 14.2 Å². The summed E-state index contributed by atoms with van der Waals surface area (Å²) < 4.78 is 17.0. The molecule has 0 saturated carbocycles. The summed E-state index contributed by atoms with van der Waals surface area (Å²) >= 11 is 0. The van der Waals surface area contributed by atoms with E-state index in [1.807, 2.05) is 0 Å². The van der Waals surface area contributed by atoms with Crippen LogP contribution in [0.5, 0.6) is 0 Å².